The van der Waals surface area contributed by atoms with Crippen molar-refractivity contribution in [2.24, 2.45) is 0 Å². The Morgan fingerprint density at radius 3 is 1.54 bits per heavy atom. The Balaban J connectivity index is 2.33. The molecule has 0 aromatic rings. The van der Waals surface area contributed by atoms with Crippen molar-refractivity contribution >= 4 is 23.7 Å². The molecule has 2 unspecified atom stereocenters. The molecule has 6 nitrogen and oxygen atoms in total. The van der Waals surface area contributed by atoms with E-state index in [1.807, 2.05) is 11.8 Å². The van der Waals surface area contributed by atoms with Crippen LogP contribution in [0.3, 0.4) is 0 Å². The molecule has 1 fully saturated rings. The number of thioether (sulfide) groups is 1. The lowest BCUT2D eigenvalue weighted by Gasteiger charge is -2.29. The number of unbranched alkanes of at least 4 members (excludes halogenated alkanes) is 24. The molecule has 2 atom stereocenters. The summed E-state index contributed by atoms with van der Waals surface area (Å²) in [4.78, 5) is 27.4. The van der Waals surface area contributed by atoms with Crippen LogP contribution in [0.2, 0.25) is 0 Å². The Labute approximate surface area is 353 Å². The lowest BCUT2D eigenvalue weighted by atomic mass is 10.0. The molecule has 0 aliphatic carbocycles. The predicted octanol–water partition coefficient (Wildman–Crippen LogP) is 14.9. The Hall–Kier alpha value is -0.790. The van der Waals surface area contributed by atoms with Crippen LogP contribution in [-0.4, -0.2) is 67.0 Å². The number of esters is 2. The van der Waals surface area contributed by atoms with E-state index in [0.717, 1.165) is 89.3 Å². The quantitative estimate of drug-likeness (QED) is 0.0449. The highest BCUT2D eigenvalue weighted by Gasteiger charge is 2.39. The average Bonchev–Trinajstić information content (AvgIpc) is 3.59. The third-order valence-electron chi connectivity index (χ3n) is 11.8. The third-order valence-corrected chi connectivity index (χ3v) is 13.3. The lowest BCUT2D eigenvalue weighted by Crippen LogP contribution is -2.28. The summed E-state index contributed by atoms with van der Waals surface area (Å²) in [6.07, 6.45) is 42.4. The number of hydrogen-bond donors (Lipinski definition) is 0. The van der Waals surface area contributed by atoms with Gasteiger partial charge in [0.05, 0.1) is 12.7 Å². The Bertz CT molecular complexity index is 871. The van der Waals surface area contributed by atoms with Crippen LogP contribution < -0.4 is 0 Å². The van der Waals surface area contributed by atoms with E-state index in [1.54, 1.807) is 0 Å². The third kappa shape index (κ3) is 32.1. The van der Waals surface area contributed by atoms with Gasteiger partial charge in [0.2, 0.25) is 0 Å². The van der Waals surface area contributed by atoms with Crippen LogP contribution in [0.25, 0.3) is 0 Å². The second-order valence-electron chi connectivity index (χ2n) is 17.7. The molecule has 0 bridgehead atoms. The first-order valence-corrected chi connectivity index (χ1v) is 25.6. The normalized spacial score (nSPS) is 17.0. The van der Waals surface area contributed by atoms with E-state index >= 15 is 0 Å². The van der Waals surface area contributed by atoms with Gasteiger partial charge in [0.15, 0.2) is 0 Å². The highest BCUT2D eigenvalue weighted by Crippen LogP contribution is 2.45. The Kier molecular flexibility index (Phi) is 36.5. The minimum absolute atomic E-state index is 0.0241. The van der Waals surface area contributed by atoms with Crippen molar-refractivity contribution in [3.8, 4) is 0 Å². The first-order valence-electron chi connectivity index (χ1n) is 24.7. The molecule has 1 aliphatic heterocycles. The zero-order valence-electron chi connectivity index (χ0n) is 38.1. The summed E-state index contributed by atoms with van der Waals surface area (Å²) in [5.74, 6) is 1.08. The number of carbonyl (C=O) groups is 2. The predicted molar refractivity (Wildman–Crippen MR) is 243 cm³/mol. The molecule has 332 valence electrons. The number of hydrogen-bond acceptors (Lipinski definition) is 7. The lowest BCUT2D eigenvalue weighted by molar-refractivity contribution is -0.150. The monoisotopic (exact) mass is 810 g/mol. The van der Waals surface area contributed by atoms with Gasteiger partial charge < -0.3 is 19.1 Å². The molecule has 0 radical (unpaired) electrons. The van der Waals surface area contributed by atoms with Gasteiger partial charge in [-0.05, 0) is 91.1 Å². The highest BCUT2D eigenvalue weighted by atomic mass is 32.2. The summed E-state index contributed by atoms with van der Waals surface area (Å²) in [5.41, 5.74) is 0. The van der Waals surface area contributed by atoms with Crippen LogP contribution in [0.4, 0.5) is 0 Å². The molecule has 0 amide bonds. The van der Waals surface area contributed by atoms with Gasteiger partial charge in [-0.3, -0.25) is 9.59 Å². The Morgan fingerprint density at radius 2 is 1.02 bits per heavy atom. The van der Waals surface area contributed by atoms with Crippen molar-refractivity contribution in [3.05, 3.63) is 0 Å². The van der Waals surface area contributed by atoms with Crippen LogP contribution in [0.1, 0.15) is 252 Å². The highest BCUT2D eigenvalue weighted by molar-refractivity contribution is 8.00. The van der Waals surface area contributed by atoms with Crippen molar-refractivity contribution in [1.29, 1.82) is 0 Å². The molecule has 0 aromatic carbocycles. The molecule has 1 rings (SSSR count). The smallest absolute Gasteiger partial charge is 0.306 e. The standard InChI is InChI=1S/C49H95NO5S/c1-6-9-12-15-18-19-20-26-34-43-53-47(51)37-31-27-33-41-49(55-46(44-56-49)39-42-50(4)5)40-32-25-21-24-30-38-48(52)54-45(35-28-22-16-13-10-7-2)36-29-23-17-14-11-8-3/h45-46H,6-44H2,1-5H3. The fourth-order valence-electron chi connectivity index (χ4n) is 8.07. The summed E-state index contributed by atoms with van der Waals surface area (Å²) in [5, 5.41) is 0. The van der Waals surface area contributed by atoms with Gasteiger partial charge >= 0.3 is 11.9 Å². The van der Waals surface area contributed by atoms with E-state index in [-0.39, 0.29) is 23.0 Å². The molecule has 1 aliphatic rings. The fraction of sp³-hybridized carbons (Fsp3) is 0.959. The zero-order chi connectivity index (χ0) is 40.8. The van der Waals surface area contributed by atoms with E-state index in [2.05, 4.69) is 39.8 Å². The molecule has 1 saturated heterocycles. The van der Waals surface area contributed by atoms with E-state index in [4.69, 9.17) is 14.2 Å². The van der Waals surface area contributed by atoms with E-state index in [9.17, 15) is 9.59 Å². The van der Waals surface area contributed by atoms with Gasteiger partial charge in [0.1, 0.15) is 11.0 Å². The number of rotatable bonds is 42. The molecular weight excluding hydrogens is 715 g/mol. The summed E-state index contributed by atoms with van der Waals surface area (Å²) in [7, 11) is 4.28. The second-order valence-corrected chi connectivity index (χ2v) is 19.0. The van der Waals surface area contributed by atoms with Gasteiger partial charge in [-0.15, -0.1) is 11.8 Å². The van der Waals surface area contributed by atoms with E-state index in [1.165, 1.54) is 141 Å². The first-order chi connectivity index (χ1) is 27.3. The second kappa shape index (κ2) is 38.4. The molecule has 0 aromatic heterocycles. The summed E-state index contributed by atoms with van der Waals surface area (Å²) in [6, 6.07) is 0. The molecule has 0 N–H and O–H groups in total. The number of nitrogens with zero attached hydrogens (tertiary/aromatic N) is 1. The van der Waals surface area contributed by atoms with Crippen LogP contribution in [0.15, 0.2) is 0 Å². The van der Waals surface area contributed by atoms with Gasteiger partial charge in [0.25, 0.3) is 0 Å². The molecule has 56 heavy (non-hydrogen) atoms. The van der Waals surface area contributed by atoms with Crippen molar-refractivity contribution in [3.63, 3.8) is 0 Å². The molecular formula is C49H95NO5S. The van der Waals surface area contributed by atoms with Crippen molar-refractivity contribution in [2.75, 3.05) is 33.0 Å². The van der Waals surface area contributed by atoms with Gasteiger partial charge in [0, 0.05) is 25.1 Å². The van der Waals surface area contributed by atoms with Crippen LogP contribution >= 0.6 is 11.8 Å². The van der Waals surface area contributed by atoms with Crippen LogP contribution in [0, 0.1) is 0 Å². The largest absolute Gasteiger partial charge is 0.466 e. The minimum atomic E-state index is -0.0850. The van der Waals surface area contributed by atoms with Crippen molar-refractivity contribution in [1.82, 2.24) is 4.90 Å². The van der Waals surface area contributed by atoms with E-state index in [0.29, 0.717) is 25.6 Å². The van der Waals surface area contributed by atoms with Crippen LogP contribution in [-0.2, 0) is 23.8 Å². The number of ether oxygens (including phenoxy) is 3. The van der Waals surface area contributed by atoms with Gasteiger partial charge in [-0.2, -0.15) is 0 Å². The van der Waals surface area contributed by atoms with Crippen molar-refractivity contribution < 1.29 is 23.8 Å². The summed E-state index contributed by atoms with van der Waals surface area (Å²) in [6.45, 7) is 8.44. The fourth-order valence-corrected chi connectivity index (χ4v) is 9.57. The maximum atomic E-state index is 12.9. The zero-order valence-corrected chi connectivity index (χ0v) is 38.9. The topological polar surface area (TPSA) is 65.1 Å². The van der Waals surface area contributed by atoms with Crippen molar-refractivity contribution in [2.45, 2.75) is 269 Å². The average molecular weight is 810 g/mol. The summed E-state index contributed by atoms with van der Waals surface area (Å²) >= 11 is 2.04. The number of carbonyl (C=O) groups excluding carboxylic acids is 2. The molecule has 0 spiro atoms. The SMILES string of the molecule is CCCCCCCCCCCOC(=O)CCCCCC1(CCCCCCCC(=O)OC(CCCCCCCC)CCCCCCCC)OC(CCN(C)C)CS1. The van der Waals surface area contributed by atoms with Crippen LogP contribution in [0.5, 0.6) is 0 Å². The molecule has 7 heteroatoms. The van der Waals surface area contributed by atoms with E-state index < -0.39 is 0 Å². The maximum absolute atomic E-state index is 12.9. The molecule has 1 heterocycles. The first kappa shape index (κ1) is 53.2. The minimum Gasteiger partial charge on any atom is -0.466 e. The maximum Gasteiger partial charge on any atom is 0.306 e. The summed E-state index contributed by atoms with van der Waals surface area (Å²) < 4.78 is 18.5. The van der Waals surface area contributed by atoms with Gasteiger partial charge in [-0.25, -0.2) is 0 Å². The van der Waals surface area contributed by atoms with Gasteiger partial charge in [-0.1, -0.05) is 162 Å². The molecule has 0 saturated carbocycles. The Morgan fingerprint density at radius 1 is 0.589 bits per heavy atom.